The number of likely N-dealkylation sites (N-methyl/N-ethyl adjacent to an activating group) is 1. The van der Waals surface area contributed by atoms with Gasteiger partial charge in [-0.1, -0.05) is 28.8 Å². The highest BCUT2D eigenvalue weighted by molar-refractivity contribution is 9.10. The molecule has 1 fully saturated rings. The van der Waals surface area contributed by atoms with Gasteiger partial charge in [0, 0.05) is 22.2 Å². The van der Waals surface area contributed by atoms with Gasteiger partial charge in [-0.25, -0.2) is 0 Å². The first kappa shape index (κ1) is 21.5. The molecule has 0 heterocycles. The first-order valence-electron chi connectivity index (χ1n) is 6.95. The van der Waals surface area contributed by atoms with E-state index in [0.717, 1.165) is 17.3 Å². The van der Waals surface area contributed by atoms with Gasteiger partial charge in [0.05, 0.1) is 5.56 Å². The van der Waals surface area contributed by atoms with Crippen molar-refractivity contribution in [2.45, 2.75) is 31.2 Å². The zero-order valence-corrected chi connectivity index (χ0v) is 16.1. The quantitative estimate of drug-likeness (QED) is 0.744. The van der Waals surface area contributed by atoms with Gasteiger partial charge in [0.1, 0.15) is 0 Å². The second-order valence-corrected chi connectivity index (χ2v) is 6.66. The average Bonchev–Trinajstić information content (AvgIpc) is 2.86. The molecule has 0 aromatic heterocycles. The molecular formula is C15H24BrCl2N3O. The van der Waals surface area contributed by atoms with Crippen molar-refractivity contribution in [3.63, 3.8) is 0 Å². The Morgan fingerprint density at radius 2 is 1.91 bits per heavy atom. The number of anilines is 1. The molecular weight excluding hydrogens is 389 g/mol. The Labute approximate surface area is 153 Å². The number of nitrogens with two attached hydrogens (primary N) is 1. The molecule has 1 amide bonds. The minimum absolute atomic E-state index is 0. The maximum atomic E-state index is 12.3. The SMILES string of the molecule is CN(C)C1(CNC(=O)c2ccc(Br)cc2N)CCCC1.Cl.Cl. The molecule has 2 rings (SSSR count). The standard InChI is InChI=1S/C15H22BrN3O.2ClH/c1-19(2)15(7-3-4-8-15)10-18-14(20)12-6-5-11(16)9-13(12)17;;/h5-6,9H,3-4,7-8,10,17H2,1-2H3,(H,18,20);2*1H. The molecule has 0 saturated heterocycles. The zero-order valence-electron chi connectivity index (χ0n) is 12.9. The Morgan fingerprint density at radius 1 is 1.32 bits per heavy atom. The number of amides is 1. The number of nitrogen functional groups attached to an aromatic ring is 1. The van der Waals surface area contributed by atoms with Crippen LogP contribution >= 0.6 is 40.7 Å². The number of carbonyl (C=O) groups is 1. The Kier molecular flexibility index (Phi) is 8.77. The lowest BCUT2D eigenvalue weighted by molar-refractivity contribution is 0.0901. The molecule has 0 radical (unpaired) electrons. The van der Waals surface area contributed by atoms with E-state index < -0.39 is 0 Å². The normalized spacial score (nSPS) is 15.8. The predicted octanol–water partition coefficient (Wildman–Crippen LogP) is 3.48. The molecule has 0 spiro atoms. The molecule has 1 aromatic rings. The maximum Gasteiger partial charge on any atom is 0.253 e. The third-order valence-corrected chi connectivity index (χ3v) is 4.81. The molecule has 22 heavy (non-hydrogen) atoms. The van der Waals surface area contributed by atoms with Gasteiger partial charge in [0.25, 0.3) is 5.91 Å². The highest BCUT2D eigenvalue weighted by Crippen LogP contribution is 2.33. The molecule has 1 aliphatic carbocycles. The Morgan fingerprint density at radius 3 is 2.41 bits per heavy atom. The van der Waals surface area contributed by atoms with Gasteiger partial charge < -0.3 is 16.0 Å². The van der Waals surface area contributed by atoms with Crippen molar-refractivity contribution in [1.29, 1.82) is 0 Å². The molecule has 0 unspecified atom stereocenters. The number of nitrogens with zero attached hydrogens (tertiary/aromatic N) is 1. The number of hydrogen-bond donors (Lipinski definition) is 2. The van der Waals surface area contributed by atoms with E-state index in [4.69, 9.17) is 5.73 Å². The molecule has 126 valence electrons. The van der Waals surface area contributed by atoms with Gasteiger partial charge in [0.15, 0.2) is 0 Å². The smallest absolute Gasteiger partial charge is 0.253 e. The summed E-state index contributed by atoms with van der Waals surface area (Å²) in [6, 6.07) is 5.35. The number of halogens is 3. The van der Waals surface area contributed by atoms with E-state index >= 15 is 0 Å². The van der Waals surface area contributed by atoms with Crippen LogP contribution in [0.25, 0.3) is 0 Å². The van der Waals surface area contributed by atoms with Crippen LogP contribution in [0.15, 0.2) is 22.7 Å². The minimum atomic E-state index is -0.0943. The zero-order chi connectivity index (χ0) is 14.8. The van der Waals surface area contributed by atoms with E-state index in [9.17, 15) is 4.79 Å². The van der Waals surface area contributed by atoms with E-state index in [-0.39, 0.29) is 36.3 Å². The van der Waals surface area contributed by atoms with Crippen LogP contribution in [-0.2, 0) is 0 Å². The van der Waals surface area contributed by atoms with Crippen molar-refractivity contribution in [3.8, 4) is 0 Å². The van der Waals surface area contributed by atoms with E-state index in [1.54, 1.807) is 12.1 Å². The van der Waals surface area contributed by atoms with Crippen molar-refractivity contribution >= 4 is 52.3 Å². The van der Waals surface area contributed by atoms with Crippen molar-refractivity contribution in [1.82, 2.24) is 10.2 Å². The molecule has 7 heteroatoms. The van der Waals surface area contributed by atoms with Crippen LogP contribution in [0.4, 0.5) is 5.69 Å². The molecule has 1 aromatic carbocycles. The lowest BCUT2D eigenvalue weighted by Crippen LogP contribution is -2.50. The highest BCUT2D eigenvalue weighted by Gasteiger charge is 2.36. The summed E-state index contributed by atoms with van der Waals surface area (Å²) in [5, 5.41) is 3.05. The number of benzene rings is 1. The summed E-state index contributed by atoms with van der Waals surface area (Å²) < 4.78 is 0.882. The lowest BCUT2D eigenvalue weighted by Gasteiger charge is -2.36. The van der Waals surface area contributed by atoms with Gasteiger partial charge in [0.2, 0.25) is 0 Å². The molecule has 0 atom stereocenters. The van der Waals surface area contributed by atoms with Crippen molar-refractivity contribution in [2.24, 2.45) is 0 Å². The van der Waals surface area contributed by atoms with Gasteiger partial charge in [-0.2, -0.15) is 0 Å². The minimum Gasteiger partial charge on any atom is -0.398 e. The van der Waals surface area contributed by atoms with Gasteiger partial charge in [-0.05, 0) is 45.1 Å². The molecule has 1 saturated carbocycles. The average molecular weight is 413 g/mol. The summed E-state index contributed by atoms with van der Waals surface area (Å²) >= 11 is 3.35. The number of hydrogen-bond acceptors (Lipinski definition) is 3. The van der Waals surface area contributed by atoms with Crippen LogP contribution in [0.5, 0.6) is 0 Å². The van der Waals surface area contributed by atoms with E-state index in [1.807, 2.05) is 6.07 Å². The first-order chi connectivity index (χ1) is 9.44. The van der Waals surface area contributed by atoms with E-state index in [2.05, 4.69) is 40.2 Å². The van der Waals surface area contributed by atoms with Gasteiger partial charge in [-0.15, -0.1) is 24.8 Å². The Balaban J connectivity index is 0.00000220. The van der Waals surface area contributed by atoms with Crippen molar-refractivity contribution in [3.05, 3.63) is 28.2 Å². The first-order valence-corrected chi connectivity index (χ1v) is 7.75. The van der Waals surface area contributed by atoms with Gasteiger partial charge in [-0.3, -0.25) is 4.79 Å². The fraction of sp³-hybridized carbons (Fsp3) is 0.533. The third kappa shape index (κ3) is 4.75. The number of carbonyl (C=O) groups excluding carboxylic acids is 1. The summed E-state index contributed by atoms with van der Waals surface area (Å²) in [5.74, 6) is -0.0943. The summed E-state index contributed by atoms with van der Waals surface area (Å²) in [7, 11) is 4.18. The number of rotatable bonds is 4. The molecule has 4 nitrogen and oxygen atoms in total. The molecule has 0 aliphatic heterocycles. The summed E-state index contributed by atoms with van der Waals surface area (Å²) in [6.45, 7) is 0.675. The van der Waals surface area contributed by atoms with Crippen LogP contribution in [0.1, 0.15) is 36.0 Å². The van der Waals surface area contributed by atoms with Crippen molar-refractivity contribution in [2.75, 3.05) is 26.4 Å². The molecule has 1 aliphatic rings. The fourth-order valence-corrected chi connectivity index (χ4v) is 3.27. The summed E-state index contributed by atoms with van der Waals surface area (Å²) in [5.41, 5.74) is 7.04. The van der Waals surface area contributed by atoms with Crippen LogP contribution < -0.4 is 11.1 Å². The van der Waals surface area contributed by atoms with Gasteiger partial charge >= 0.3 is 0 Å². The number of nitrogens with one attached hydrogen (secondary N) is 1. The highest BCUT2D eigenvalue weighted by atomic mass is 79.9. The molecule has 3 N–H and O–H groups in total. The summed E-state index contributed by atoms with van der Waals surface area (Å²) in [6.07, 6.45) is 4.73. The largest absolute Gasteiger partial charge is 0.398 e. The van der Waals surface area contributed by atoms with E-state index in [0.29, 0.717) is 17.8 Å². The fourth-order valence-electron chi connectivity index (χ4n) is 2.90. The second kappa shape index (κ2) is 8.96. The van der Waals surface area contributed by atoms with Crippen LogP contribution in [0, 0.1) is 0 Å². The molecule has 0 bridgehead atoms. The monoisotopic (exact) mass is 411 g/mol. The second-order valence-electron chi connectivity index (χ2n) is 5.74. The van der Waals surface area contributed by atoms with Crippen LogP contribution in [0.3, 0.4) is 0 Å². The van der Waals surface area contributed by atoms with Crippen LogP contribution in [-0.4, -0.2) is 37.0 Å². The van der Waals surface area contributed by atoms with Crippen LogP contribution in [0.2, 0.25) is 0 Å². The van der Waals surface area contributed by atoms with E-state index in [1.165, 1.54) is 12.8 Å². The lowest BCUT2D eigenvalue weighted by atomic mass is 9.96. The maximum absolute atomic E-state index is 12.3. The Hall–Kier alpha value is -0.490. The third-order valence-electron chi connectivity index (χ3n) is 4.32. The predicted molar refractivity (Wildman–Crippen MR) is 100 cm³/mol. The topological polar surface area (TPSA) is 58.4 Å². The summed E-state index contributed by atoms with van der Waals surface area (Å²) in [4.78, 5) is 14.5. The van der Waals surface area contributed by atoms with Crippen molar-refractivity contribution < 1.29 is 4.79 Å². The Bertz CT molecular complexity index is 506.